The minimum absolute atomic E-state index is 0.0227. The molecule has 5 aliphatic rings. The molecule has 0 amide bonds. The molecule has 0 aliphatic heterocycles. The van der Waals surface area contributed by atoms with Gasteiger partial charge in [0.25, 0.3) is 0 Å². The third-order valence-electron chi connectivity index (χ3n) is 12.6. The molecule has 0 saturated heterocycles. The zero-order chi connectivity index (χ0) is 26.6. The normalized spacial score (nSPS) is 49.3. The van der Waals surface area contributed by atoms with Gasteiger partial charge in [-0.25, -0.2) is 0 Å². The lowest BCUT2D eigenvalue weighted by Gasteiger charge is -2.69. The summed E-state index contributed by atoms with van der Waals surface area (Å²) in [4.78, 5) is 40.3. The highest BCUT2D eigenvalue weighted by Gasteiger charge is 2.71. The van der Waals surface area contributed by atoms with Gasteiger partial charge in [0, 0.05) is 16.7 Å². The smallest absolute Gasteiger partial charge is 0.310 e. The number of nitriles is 1. The van der Waals surface area contributed by atoms with Crippen molar-refractivity contribution in [3.05, 3.63) is 23.3 Å². The number of carbonyl (C=O) groups is 3. The number of hydrogen-bond acceptors (Lipinski definition) is 4. The lowest BCUT2D eigenvalue weighted by atomic mass is 9.33. The van der Waals surface area contributed by atoms with E-state index in [4.69, 9.17) is 0 Å². The maximum Gasteiger partial charge on any atom is 0.310 e. The summed E-state index contributed by atoms with van der Waals surface area (Å²) in [6.45, 7) is 14.9. The summed E-state index contributed by atoms with van der Waals surface area (Å²) >= 11 is 0. The van der Waals surface area contributed by atoms with E-state index in [1.807, 2.05) is 26.0 Å². The molecule has 0 spiro atoms. The lowest BCUT2D eigenvalue weighted by molar-refractivity contribution is -0.180. The van der Waals surface area contributed by atoms with Gasteiger partial charge in [-0.15, -0.1) is 0 Å². The molecule has 3 saturated carbocycles. The molecule has 5 nitrogen and oxygen atoms in total. The first-order valence-corrected chi connectivity index (χ1v) is 13.8. The van der Waals surface area contributed by atoms with Gasteiger partial charge in [-0.1, -0.05) is 60.1 Å². The Labute approximate surface area is 215 Å². The van der Waals surface area contributed by atoms with Crippen LogP contribution in [0.3, 0.4) is 0 Å². The summed E-state index contributed by atoms with van der Waals surface area (Å²) < 4.78 is 0. The third kappa shape index (κ3) is 2.74. The van der Waals surface area contributed by atoms with Gasteiger partial charge in [0.05, 0.1) is 11.0 Å². The van der Waals surface area contributed by atoms with Crippen molar-refractivity contribution in [3.8, 4) is 6.07 Å². The van der Waals surface area contributed by atoms with Crippen LogP contribution in [0, 0.1) is 68.0 Å². The average molecular weight is 492 g/mol. The molecule has 36 heavy (non-hydrogen) atoms. The van der Waals surface area contributed by atoms with Gasteiger partial charge < -0.3 is 5.11 Å². The summed E-state index contributed by atoms with van der Waals surface area (Å²) in [6, 6.07) is 2.14. The van der Waals surface area contributed by atoms with E-state index in [2.05, 4.69) is 40.7 Å². The Morgan fingerprint density at radius 2 is 1.69 bits per heavy atom. The van der Waals surface area contributed by atoms with Crippen LogP contribution in [-0.2, 0) is 14.4 Å². The van der Waals surface area contributed by atoms with Crippen molar-refractivity contribution in [1.29, 1.82) is 5.26 Å². The third-order valence-corrected chi connectivity index (χ3v) is 12.6. The average Bonchev–Trinajstić information content (AvgIpc) is 2.79. The predicted octanol–water partition coefficient (Wildman–Crippen LogP) is 6.15. The van der Waals surface area contributed by atoms with Crippen molar-refractivity contribution < 1.29 is 19.5 Å². The Hall–Kier alpha value is -2.22. The van der Waals surface area contributed by atoms with Crippen LogP contribution in [-0.4, -0.2) is 22.6 Å². The summed E-state index contributed by atoms with van der Waals surface area (Å²) in [5.74, 6) is -0.675. The molecule has 5 aliphatic carbocycles. The predicted molar refractivity (Wildman–Crippen MR) is 136 cm³/mol. The fourth-order valence-corrected chi connectivity index (χ4v) is 10.3. The van der Waals surface area contributed by atoms with Gasteiger partial charge in [0.15, 0.2) is 11.6 Å². The van der Waals surface area contributed by atoms with Crippen molar-refractivity contribution in [2.75, 3.05) is 0 Å². The number of aliphatic carboxylic acids is 1. The second kappa shape index (κ2) is 7.42. The molecule has 0 radical (unpaired) electrons. The second-order valence-corrected chi connectivity index (χ2v) is 14.2. The molecule has 9 atom stereocenters. The first kappa shape index (κ1) is 25.4. The van der Waals surface area contributed by atoms with E-state index in [9.17, 15) is 24.8 Å². The van der Waals surface area contributed by atoms with Crippen LogP contribution in [0.1, 0.15) is 87.0 Å². The number of ketones is 2. The monoisotopic (exact) mass is 491 g/mol. The van der Waals surface area contributed by atoms with E-state index >= 15 is 0 Å². The lowest BCUT2D eigenvalue weighted by Crippen LogP contribution is -2.66. The van der Waals surface area contributed by atoms with Crippen LogP contribution in [0.2, 0.25) is 0 Å². The van der Waals surface area contributed by atoms with E-state index < -0.39 is 22.2 Å². The summed E-state index contributed by atoms with van der Waals surface area (Å²) in [6.07, 6.45) is 8.28. The zero-order valence-corrected chi connectivity index (χ0v) is 22.9. The quantitative estimate of drug-likeness (QED) is 0.475. The fraction of sp³-hybridized carbons (Fsp3) is 0.742. The molecule has 5 heteroatoms. The topological polar surface area (TPSA) is 95.2 Å². The number of carbonyl (C=O) groups excluding carboxylic acids is 2. The number of nitrogens with zero attached hydrogens (tertiary/aromatic N) is 1. The Bertz CT molecular complexity index is 1170. The largest absolute Gasteiger partial charge is 0.481 e. The Morgan fingerprint density at radius 1 is 1.03 bits per heavy atom. The number of Topliss-reactive ketones (excluding diaryl/α,β-unsaturated/α-hetero) is 1. The molecule has 0 bridgehead atoms. The fourth-order valence-electron chi connectivity index (χ4n) is 10.3. The van der Waals surface area contributed by atoms with E-state index in [0.29, 0.717) is 18.8 Å². The van der Waals surface area contributed by atoms with Gasteiger partial charge in [-0.3, -0.25) is 14.4 Å². The van der Waals surface area contributed by atoms with Crippen LogP contribution in [0.15, 0.2) is 23.3 Å². The summed E-state index contributed by atoms with van der Waals surface area (Å²) in [5.41, 5.74) is -1.55. The van der Waals surface area contributed by atoms with Crippen LogP contribution in [0.4, 0.5) is 0 Å². The molecular weight excluding hydrogens is 450 g/mol. The van der Waals surface area contributed by atoms with E-state index in [1.165, 1.54) is 0 Å². The van der Waals surface area contributed by atoms with Crippen LogP contribution < -0.4 is 0 Å². The highest BCUT2D eigenvalue weighted by Crippen LogP contribution is 2.74. The molecule has 0 heterocycles. The van der Waals surface area contributed by atoms with Gasteiger partial charge in [0.2, 0.25) is 0 Å². The standard InChI is InChI=1S/C31H41NO4/c1-17-8-11-31(26(35)36)13-12-29(6)20(23(31)18(17)2)14-21(33)24-28(5)15-19(16-32)25(34)27(3,4)22(28)9-10-30(24,29)7/h14-15,17-18,22-24H,8-13H2,1-7H3,(H,35,36)/t17-,18+,22+,23?,24-,28+,29-,30-,31+/m1/s1. The van der Waals surface area contributed by atoms with Gasteiger partial charge in [0.1, 0.15) is 6.07 Å². The van der Waals surface area contributed by atoms with Crippen LogP contribution in [0.25, 0.3) is 0 Å². The number of carboxylic acid groups (broad SMARTS) is 1. The molecule has 0 aromatic rings. The molecule has 0 aromatic carbocycles. The molecule has 5 rings (SSSR count). The zero-order valence-electron chi connectivity index (χ0n) is 22.9. The highest BCUT2D eigenvalue weighted by molar-refractivity contribution is 6.05. The van der Waals surface area contributed by atoms with Crippen molar-refractivity contribution in [3.63, 3.8) is 0 Å². The van der Waals surface area contributed by atoms with Gasteiger partial charge >= 0.3 is 5.97 Å². The Balaban J connectivity index is 1.72. The van der Waals surface area contributed by atoms with E-state index in [0.717, 1.165) is 31.3 Å². The summed E-state index contributed by atoms with van der Waals surface area (Å²) in [7, 11) is 0. The van der Waals surface area contributed by atoms with Crippen molar-refractivity contribution in [2.45, 2.75) is 87.0 Å². The van der Waals surface area contributed by atoms with Crippen molar-refractivity contribution in [1.82, 2.24) is 0 Å². The number of fused-ring (bicyclic) bond motifs is 7. The van der Waals surface area contributed by atoms with Crippen LogP contribution in [0.5, 0.6) is 0 Å². The number of hydrogen-bond donors (Lipinski definition) is 1. The molecule has 194 valence electrons. The highest BCUT2D eigenvalue weighted by atomic mass is 16.4. The van der Waals surface area contributed by atoms with Crippen molar-refractivity contribution in [2.24, 2.45) is 56.7 Å². The molecular formula is C31H41NO4. The van der Waals surface area contributed by atoms with Crippen molar-refractivity contribution >= 4 is 17.5 Å². The number of allylic oxidation sites excluding steroid dienone is 4. The maximum absolute atomic E-state index is 14.3. The minimum Gasteiger partial charge on any atom is -0.481 e. The van der Waals surface area contributed by atoms with Crippen LogP contribution >= 0.6 is 0 Å². The second-order valence-electron chi connectivity index (χ2n) is 14.2. The summed E-state index contributed by atoms with van der Waals surface area (Å²) in [5, 5.41) is 20.4. The minimum atomic E-state index is -0.797. The van der Waals surface area contributed by atoms with Gasteiger partial charge in [-0.05, 0) is 79.1 Å². The van der Waals surface area contributed by atoms with Gasteiger partial charge in [-0.2, -0.15) is 5.26 Å². The van der Waals surface area contributed by atoms with E-state index in [-0.39, 0.29) is 51.6 Å². The number of rotatable bonds is 1. The molecule has 1 unspecified atom stereocenters. The maximum atomic E-state index is 14.3. The number of carboxylic acids is 1. The molecule has 0 aromatic heterocycles. The Kier molecular flexibility index (Phi) is 5.24. The molecule has 1 N–H and O–H groups in total. The first-order valence-electron chi connectivity index (χ1n) is 13.8. The first-order chi connectivity index (χ1) is 16.6. The van der Waals surface area contributed by atoms with E-state index in [1.54, 1.807) is 0 Å². The SMILES string of the molecule is C[C@@H]1CC[C@]2(C(=O)O)CC[C@]3(C)C(=CC(=O)[C@@H]4[C@@]5(C)C=C(C#N)C(=O)C(C)(C)[C@@H]5CC[C@]43C)C2[C@H]1C. The Morgan fingerprint density at radius 3 is 2.31 bits per heavy atom. The molecule has 3 fully saturated rings.